The molecule has 1 fully saturated rings. The average Bonchev–Trinajstić information content (AvgIpc) is 3.11. The molecular weight excluding hydrogens is 324 g/mol. The Morgan fingerprint density at radius 1 is 1.19 bits per heavy atom. The van der Waals surface area contributed by atoms with Gasteiger partial charge in [-0.25, -0.2) is 0 Å². The van der Waals surface area contributed by atoms with E-state index in [1.165, 1.54) is 0 Å². The van der Waals surface area contributed by atoms with Gasteiger partial charge in [-0.15, -0.1) is 6.58 Å². The fourth-order valence-corrected chi connectivity index (χ4v) is 3.68. The van der Waals surface area contributed by atoms with Gasteiger partial charge in [-0.3, -0.25) is 4.79 Å². The minimum Gasteiger partial charge on any atom is -0.351 e. The van der Waals surface area contributed by atoms with Crippen molar-refractivity contribution >= 4 is 22.5 Å². The molecule has 1 amide bonds. The van der Waals surface area contributed by atoms with E-state index in [4.69, 9.17) is 0 Å². The Morgan fingerprint density at radius 2 is 2.00 bits per heavy atom. The van der Waals surface area contributed by atoms with Crippen molar-refractivity contribution in [3.63, 3.8) is 0 Å². The maximum Gasteiger partial charge on any atom is 0.270 e. The first kappa shape index (κ1) is 16.9. The molecule has 136 valence electrons. The van der Waals surface area contributed by atoms with Gasteiger partial charge in [0.1, 0.15) is 5.69 Å². The van der Waals surface area contributed by atoms with Gasteiger partial charge in [0.15, 0.2) is 0 Å². The number of benzene rings is 1. The van der Waals surface area contributed by atoms with Crippen molar-refractivity contribution in [3.05, 3.63) is 54.9 Å². The maximum atomic E-state index is 12.8. The summed E-state index contributed by atoms with van der Waals surface area (Å²) in [7, 11) is 2.10. The summed E-state index contributed by atoms with van der Waals surface area (Å²) < 4.78 is 0. The minimum atomic E-state index is 0.0996. The van der Waals surface area contributed by atoms with E-state index in [0.717, 1.165) is 55.7 Å². The van der Waals surface area contributed by atoms with Gasteiger partial charge < -0.3 is 19.7 Å². The highest BCUT2D eigenvalue weighted by Crippen LogP contribution is 2.26. The fraction of sp³-hybridized carbons (Fsp3) is 0.381. The predicted octanol–water partition coefficient (Wildman–Crippen LogP) is 3.08. The Hall–Kier alpha value is -2.53. The lowest BCUT2D eigenvalue weighted by Crippen LogP contribution is -2.47. The molecule has 1 unspecified atom stereocenters. The van der Waals surface area contributed by atoms with Gasteiger partial charge in [0.25, 0.3) is 5.91 Å². The predicted molar refractivity (Wildman–Crippen MR) is 106 cm³/mol. The Balaban J connectivity index is 1.54. The molecular formula is C21H26N4O. The molecule has 1 aromatic carbocycles. The van der Waals surface area contributed by atoms with Crippen LogP contribution in [0.15, 0.2) is 49.2 Å². The zero-order chi connectivity index (χ0) is 18.1. The number of carbonyl (C=O) groups is 1. The number of nitrogens with zero attached hydrogens (tertiary/aromatic N) is 3. The topological polar surface area (TPSA) is 42.6 Å². The molecule has 5 nitrogen and oxygen atoms in total. The van der Waals surface area contributed by atoms with E-state index >= 15 is 0 Å². The van der Waals surface area contributed by atoms with Crippen LogP contribution in [0.25, 0.3) is 10.9 Å². The molecule has 2 aromatic rings. The van der Waals surface area contributed by atoms with Crippen molar-refractivity contribution in [2.45, 2.75) is 6.42 Å². The lowest BCUT2D eigenvalue weighted by atomic mass is 10.0. The molecule has 3 heterocycles. The third kappa shape index (κ3) is 3.27. The van der Waals surface area contributed by atoms with Crippen LogP contribution in [0, 0.1) is 5.92 Å². The van der Waals surface area contributed by atoms with E-state index in [-0.39, 0.29) is 5.91 Å². The summed E-state index contributed by atoms with van der Waals surface area (Å²) in [6.07, 6.45) is 7.41. The van der Waals surface area contributed by atoms with E-state index in [1.807, 2.05) is 17.0 Å². The lowest BCUT2D eigenvalue weighted by Gasteiger charge is -2.32. The van der Waals surface area contributed by atoms with E-state index in [1.54, 1.807) is 0 Å². The van der Waals surface area contributed by atoms with Gasteiger partial charge in [0, 0.05) is 55.5 Å². The van der Waals surface area contributed by atoms with Gasteiger partial charge in [0.05, 0.1) is 0 Å². The van der Waals surface area contributed by atoms with Crippen molar-refractivity contribution in [1.29, 1.82) is 0 Å². The summed E-state index contributed by atoms with van der Waals surface area (Å²) >= 11 is 0. The SMILES string of the molecule is C=CC1C=CN(c2ccc3[nH]c(C(=O)N4CCN(C)CC4)cc3c2)CC1. The molecule has 0 spiro atoms. The molecule has 0 bridgehead atoms. The Labute approximate surface area is 154 Å². The van der Waals surface area contributed by atoms with Crippen LogP contribution in [0.3, 0.4) is 0 Å². The maximum absolute atomic E-state index is 12.8. The van der Waals surface area contributed by atoms with Crippen LogP contribution in [-0.4, -0.2) is 60.5 Å². The largest absolute Gasteiger partial charge is 0.351 e. The van der Waals surface area contributed by atoms with Gasteiger partial charge in [-0.2, -0.15) is 0 Å². The third-order valence-corrected chi connectivity index (χ3v) is 5.48. The van der Waals surface area contributed by atoms with Crippen LogP contribution in [-0.2, 0) is 0 Å². The first-order valence-corrected chi connectivity index (χ1v) is 9.32. The Morgan fingerprint density at radius 3 is 2.69 bits per heavy atom. The number of rotatable bonds is 3. The molecule has 26 heavy (non-hydrogen) atoms. The van der Waals surface area contributed by atoms with Crippen LogP contribution in [0.4, 0.5) is 5.69 Å². The molecule has 0 saturated carbocycles. The smallest absolute Gasteiger partial charge is 0.270 e. The number of H-pyrrole nitrogens is 1. The van der Waals surface area contributed by atoms with Crippen molar-refractivity contribution in [2.75, 3.05) is 44.7 Å². The second-order valence-corrected chi connectivity index (χ2v) is 7.27. The van der Waals surface area contributed by atoms with E-state index < -0.39 is 0 Å². The third-order valence-electron chi connectivity index (χ3n) is 5.48. The number of allylic oxidation sites excluding steroid dienone is 2. The number of aromatic nitrogens is 1. The molecule has 1 saturated heterocycles. The van der Waals surface area contributed by atoms with Crippen LogP contribution in [0.2, 0.25) is 0 Å². The molecule has 0 radical (unpaired) electrons. The number of aromatic amines is 1. The highest BCUT2D eigenvalue weighted by molar-refractivity contribution is 5.98. The van der Waals surface area contributed by atoms with Crippen molar-refractivity contribution in [1.82, 2.24) is 14.8 Å². The second-order valence-electron chi connectivity index (χ2n) is 7.27. The number of hydrogen-bond donors (Lipinski definition) is 1. The average molecular weight is 350 g/mol. The number of hydrogen-bond acceptors (Lipinski definition) is 3. The zero-order valence-corrected chi connectivity index (χ0v) is 15.3. The summed E-state index contributed by atoms with van der Waals surface area (Å²) in [5.41, 5.74) is 2.85. The number of nitrogens with one attached hydrogen (secondary N) is 1. The normalized spacial score (nSPS) is 21.3. The van der Waals surface area contributed by atoms with Gasteiger partial charge in [0.2, 0.25) is 0 Å². The van der Waals surface area contributed by atoms with Crippen molar-refractivity contribution in [3.8, 4) is 0 Å². The molecule has 1 aromatic heterocycles. The summed E-state index contributed by atoms with van der Waals surface area (Å²) in [6, 6.07) is 8.32. The first-order valence-electron chi connectivity index (χ1n) is 9.32. The van der Waals surface area contributed by atoms with E-state index in [2.05, 4.69) is 58.9 Å². The quantitative estimate of drug-likeness (QED) is 0.865. The monoisotopic (exact) mass is 350 g/mol. The lowest BCUT2D eigenvalue weighted by molar-refractivity contribution is 0.0659. The number of fused-ring (bicyclic) bond motifs is 1. The van der Waals surface area contributed by atoms with E-state index in [9.17, 15) is 4.79 Å². The molecule has 5 heteroatoms. The molecule has 1 atom stereocenters. The van der Waals surface area contributed by atoms with Crippen LogP contribution in [0.1, 0.15) is 16.9 Å². The molecule has 2 aliphatic heterocycles. The first-order chi connectivity index (χ1) is 12.6. The van der Waals surface area contributed by atoms with Crippen molar-refractivity contribution < 1.29 is 4.79 Å². The Bertz CT molecular complexity index is 845. The Kier molecular flexibility index (Phi) is 4.55. The fourth-order valence-electron chi connectivity index (χ4n) is 3.68. The van der Waals surface area contributed by atoms with Crippen molar-refractivity contribution in [2.24, 2.45) is 5.92 Å². The van der Waals surface area contributed by atoms with E-state index in [0.29, 0.717) is 11.6 Å². The zero-order valence-electron chi connectivity index (χ0n) is 15.3. The second kappa shape index (κ2) is 7.00. The summed E-state index contributed by atoms with van der Waals surface area (Å²) in [6.45, 7) is 8.30. The van der Waals surface area contributed by atoms with Gasteiger partial charge in [-0.1, -0.05) is 12.2 Å². The molecule has 2 aliphatic rings. The number of amides is 1. The van der Waals surface area contributed by atoms with Gasteiger partial charge in [-0.05, 0) is 43.7 Å². The summed E-state index contributed by atoms with van der Waals surface area (Å²) in [4.78, 5) is 22.5. The van der Waals surface area contributed by atoms with Gasteiger partial charge >= 0.3 is 0 Å². The van der Waals surface area contributed by atoms with Crippen LogP contribution < -0.4 is 4.90 Å². The number of piperazine rings is 1. The number of likely N-dealkylation sites (N-methyl/N-ethyl adjacent to an activating group) is 1. The number of carbonyl (C=O) groups excluding carboxylic acids is 1. The summed E-state index contributed by atoms with van der Waals surface area (Å²) in [5, 5.41) is 1.08. The van der Waals surface area contributed by atoms with Crippen LogP contribution in [0.5, 0.6) is 0 Å². The number of anilines is 1. The van der Waals surface area contributed by atoms with Crippen LogP contribution >= 0.6 is 0 Å². The highest BCUT2D eigenvalue weighted by Gasteiger charge is 2.22. The molecule has 0 aliphatic carbocycles. The molecule has 1 N–H and O–H groups in total. The summed E-state index contributed by atoms with van der Waals surface area (Å²) in [5.74, 6) is 0.567. The molecule has 4 rings (SSSR count). The minimum absolute atomic E-state index is 0.0996. The standard InChI is InChI=1S/C21H26N4O/c1-3-16-6-8-24(9-7-16)18-4-5-19-17(14-18)15-20(22-19)21(26)25-12-10-23(2)11-13-25/h3-6,8,14-16,22H,1,7,9-13H2,2H3. The highest BCUT2D eigenvalue weighted by atomic mass is 16.2.